The molecule has 110 valence electrons. The molecule has 2 rings (SSSR count). The average molecular weight is 316 g/mol. The van der Waals surface area contributed by atoms with Crippen molar-refractivity contribution < 1.29 is 9.18 Å². The molecular weight excluding hydrogens is 297 g/mol. The summed E-state index contributed by atoms with van der Waals surface area (Å²) in [6.45, 7) is 2.19. The lowest BCUT2D eigenvalue weighted by molar-refractivity contribution is -0.119. The van der Waals surface area contributed by atoms with Gasteiger partial charge in [-0.15, -0.1) is 11.8 Å². The number of carbonyl (C=O) groups is 1. The molecule has 1 amide bonds. The smallest absolute Gasteiger partial charge is 0.230 e. The summed E-state index contributed by atoms with van der Waals surface area (Å²) in [7, 11) is 0. The third-order valence-corrected chi connectivity index (χ3v) is 5.00. The van der Waals surface area contributed by atoms with Crippen molar-refractivity contribution in [2.75, 3.05) is 5.75 Å². The number of rotatable bonds is 4. The molecule has 0 aromatic heterocycles. The molecule has 0 heterocycles. The van der Waals surface area contributed by atoms with Crippen LogP contribution in [0.3, 0.4) is 0 Å². The van der Waals surface area contributed by atoms with Crippen LogP contribution >= 0.6 is 23.4 Å². The van der Waals surface area contributed by atoms with Crippen LogP contribution in [-0.2, 0) is 4.79 Å². The van der Waals surface area contributed by atoms with Gasteiger partial charge in [-0.2, -0.15) is 0 Å². The molecular formula is C15H19ClFNOS. The molecule has 0 spiro atoms. The SMILES string of the molecule is C[C@H]1CCCC[C@@H]1NC(=O)CSc1ccc(F)c(Cl)c1. The maximum absolute atomic E-state index is 13.0. The lowest BCUT2D eigenvalue weighted by Gasteiger charge is -2.29. The fourth-order valence-corrected chi connectivity index (χ4v) is 3.49. The van der Waals surface area contributed by atoms with Gasteiger partial charge in [0.2, 0.25) is 5.91 Å². The summed E-state index contributed by atoms with van der Waals surface area (Å²) < 4.78 is 13.0. The first-order valence-corrected chi connectivity index (χ1v) is 8.30. The van der Waals surface area contributed by atoms with Gasteiger partial charge in [0.1, 0.15) is 5.82 Å². The summed E-state index contributed by atoms with van der Waals surface area (Å²) in [6.07, 6.45) is 4.71. The van der Waals surface area contributed by atoms with Crippen molar-refractivity contribution in [3.63, 3.8) is 0 Å². The van der Waals surface area contributed by atoms with Crippen LogP contribution in [0.15, 0.2) is 23.1 Å². The Hall–Kier alpha value is -0.740. The van der Waals surface area contributed by atoms with Gasteiger partial charge >= 0.3 is 0 Å². The first-order chi connectivity index (χ1) is 9.56. The van der Waals surface area contributed by atoms with Crippen molar-refractivity contribution in [1.82, 2.24) is 5.32 Å². The molecule has 20 heavy (non-hydrogen) atoms. The summed E-state index contributed by atoms with van der Waals surface area (Å²) in [5.41, 5.74) is 0. The van der Waals surface area contributed by atoms with Crippen molar-refractivity contribution in [2.45, 2.75) is 43.5 Å². The number of thioether (sulfide) groups is 1. The van der Waals surface area contributed by atoms with Crippen LogP contribution in [0.5, 0.6) is 0 Å². The van der Waals surface area contributed by atoms with Crippen molar-refractivity contribution in [3.8, 4) is 0 Å². The Balaban J connectivity index is 1.81. The Morgan fingerprint density at radius 1 is 1.45 bits per heavy atom. The number of nitrogens with one attached hydrogen (secondary N) is 1. The average Bonchev–Trinajstić information content (AvgIpc) is 2.43. The van der Waals surface area contributed by atoms with Crippen molar-refractivity contribution in [1.29, 1.82) is 0 Å². The Labute approximate surface area is 128 Å². The fourth-order valence-electron chi connectivity index (χ4n) is 2.49. The lowest BCUT2D eigenvalue weighted by Crippen LogP contribution is -2.41. The van der Waals surface area contributed by atoms with Gasteiger partial charge in [0, 0.05) is 10.9 Å². The molecule has 1 fully saturated rings. The van der Waals surface area contributed by atoms with Crippen LogP contribution < -0.4 is 5.32 Å². The molecule has 0 aliphatic heterocycles. The summed E-state index contributed by atoms with van der Waals surface area (Å²) >= 11 is 7.09. The number of halogens is 2. The molecule has 1 aromatic carbocycles. The number of benzene rings is 1. The highest BCUT2D eigenvalue weighted by Crippen LogP contribution is 2.25. The second-order valence-electron chi connectivity index (χ2n) is 5.30. The van der Waals surface area contributed by atoms with E-state index < -0.39 is 5.82 Å². The number of amides is 1. The number of hydrogen-bond acceptors (Lipinski definition) is 2. The van der Waals surface area contributed by atoms with E-state index in [1.807, 2.05) is 0 Å². The van der Waals surface area contributed by atoms with Crippen LogP contribution in [0.4, 0.5) is 4.39 Å². The molecule has 1 aliphatic rings. The lowest BCUT2D eigenvalue weighted by atomic mass is 9.86. The standard InChI is InChI=1S/C15H19ClFNOS/c1-10-4-2-3-5-14(10)18-15(19)9-20-11-6-7-13(17)12(16)8-11/h6-8,10,14H,2-5,9H2,1H3,(H,18,19)/t10-,14-/m0/s1. The molecule has 0 radical (unpaired) electrons. The Morgan fingerprint density at radius 2 is 2.20 bits per heavy atom. The van der Waals surface area contributed by atoms with Crippen molar-refractivity contribution >= 4 is 29.3 Å². The van der Waals surface area contributed by atoms with Gasteiger partial charge in [0.15, 0.2) is 0 Å². The van der Waals surface area contributed by atoms with E-state index in [4.69, 9.17) is 11.6 Å². The van der Waals surface area contributed by atoms with Crippen LogP contribution in [0.25, 0.3) is 0 Å². The molecule has 2 nitrogen and oxygen atoms in total. The van der Waals surface area contributed by atoms with E-state index >= 15 is 0 Å². The normalized spacial score (nSPS) is 22.6. The van der Waals surface area contributed by atoms with Gasteiger partial charge in [0.05, 0.1) is 10.8 Å². The highest BCUT2D eigenvalue weighted by molar-refractivity contribution is 8.00. The van der Waals surface area contributed by atoms with Gasteiger partial charge in [-0.25, -0.2) is 4.39 Å². The summed E-state index contributed by atoms with van der Waals surface area (Å²) in [5, 5.41) is 3.19. The van der Waals surface area contributed by atoms with Crippen molar-refractivity contribution in [2.24, 2.45) is 5.92 Å². The van der Waals surface area contributed by atoms with Crippen molar-refractivity contribution in [3.05, 3.63) is 29.0 Å². The Morgan fingerprint density at radius 3 is 2.90 bits per heavy atom. The minimum absolute atomic E-state index is 0.0363. The molecule has 2 atom stereocenters. The highest BCUT2D eigenvalue weighted by atomic mass is 35.5. The molecule has 1 N–H and O–H groups in total. The van der Waals surface area contributed by atoms with E-state index in [-0.39, 0.29) is 10.9 Å². The maximum atomic E-state index is 13.0. The second kappa shape index (κ2) is 7.32. The third kappa shape index (κ3) is 4.38. The van der Waals surface area contributed by atoms with Crippen LogP contribution in [0, 0.1) is 11.7 Å². The minimum atomic E-state index is -0.434. The summed E-state index contributed by atoms with van der Waals surface area (Å²) in [4.78, 5) is 12.8. The van der Waals surface area contributed by atoms with E-state index in [0.29, 0.717) is 17.7 Å². The van der Waals surface area contributed by atoms with Crippen LogP contribution in [0.2, 0.25) is 5.02 Å². The van der Waals surface area contributed by atoms with E-state index in [9.17, 15) is 9.18 Å². The zero-order valence-electron chi connectivity index (χ0n) is 11.5. The zero-order chi connectivity index (χ0) is 14.5. The van der Waals surface area contributed by atoms with Gasteiger partial charge in [-0.3, -0.25) is 4.79 Å². The topological polar surface area (TPSA) is 29.1 Å². The zero-order valence-corrected chi connectivity index (χ0v) is 13.1. The largest absolute Gasteiger partial charge is 0.352 e. The minimum Gasteiger partial charge on any atom is -0.352 e. The first kappa shape index (κ1) is 15.6. The van der Waals surface area contributed by atoms with Gasteiger partial charge in [-0.1, -0.05) is 31.4 Å². The number of hydrogen-bond donors (Lipinski definition) is 1. The predicted molar refractivity (Wildman–Crippen MR) is 81.7 cm³/mol. The van der Waals surface area contributed by atoms with E-state index in [1.165, 1.54) is 37.1 Å². The Bertz CT molecular complexity index is 483. The second-order valence-corrected chi connectivity index (χ2v) is 6.76. The molecule has 0 saturated heterocycles. The van der Waals surface area contributed by atoms with Crippen LogP contribution in [-0.4, -0.2) is 17.7 Å². The first-order valence-electron chi connectivity index (χ1n) is 6.93. The maximum Gasteiger partial charge on any atom is 0.230 e. The fraction of sp³-hybridized carbons (Fsp3) is 0.533. The molecule has 0 bridgehead atoms. The molecule has 5 heteroatoms. The summed E-state index contributed by atoms with van der Waals surface area (Å²) in [6, 6.07) is 4.82. The monoisotopic (exact) mass is 315 g/mol. The highest BCUT2D eigenvalue weighted by Gasteiger charge is 2.22. The Kier molecular flexibility index (Phi) is 5.73. The van der Waals surface area contributed by atoms with E-state index in [2.05, 4.69) is 12.2 Å². The molecule has 1 aliphatic carbocycles. The van der Waals surface area contributed by atoms with E-state index in [1.54, 1.807) is 12.1 Å². The molecule has 0 unspecified atom stereocenters. The van der Waals surface area contributed by atoms with Gasteiger partial charge < -0.3 is 5.32 Å². The van der Waals surface area contributed by atoms with E-state index in [0.717, 1.165) is 11.3 Å². The van der Waals surface area contributed by atoms with Crippen LogP contribution in [0.1, 0.15) is 32.6 Å². The summed E-state index contributed by atoms with van der Waals surface area (Å²) in [5.74, 6) is 0.495. The predicted octanol–water partition coefficient (Wildman–Crippen LogP) is 4.27. The quantitative estimate of drug-likeness (QED) is 0.841. The van der Waals surface area contributed by atoms with Gasteiger partial charge in [0.25, 0.3) is 0 Å². The number of carbonyl (C=O) groups excluding carboxylic acids is 1. The van der Waals surface area contributed by atoms with Gasteiger partial charge in [-0.05, 0) is 37.0 Å². The molecule has 1 aromatic rings. The third-order valence-electron chi connectivity index (χ3n) is 3.72. The molecule has 1 saturated carbocycles.